The third-order valence-electron chi connectivity index (χ3n) is 4.32. The van der Waals surface area contributed by atoms with Crippen LogP contribution >= 0.6 is 0 Å². The number of nitrogens with zero attached hydrogens (tertiary/aromatic N) is 3. The molecule has 1 aliphatic heterocycles. The highest BCUT2D eigenvalue weighted by atomic mass is 32.2. The highest BCUT2D eigenvalue weighted by Crippen LogP contribution is 2.23. The van der Waals surface area contributed by atoms with E-state index in [0.717, 1.165) is 45.2 Å². The number of aromatic nitrogens is 2. The molecule has 1 aromatic heterocycles. The Bertz CT molecular complexity index is 806. The summed E-state index contributed by atoms with van der Waals surface area (Å²) in [5, 5.41) is 0. The minimum Gasteiger partial charge on any atom is -0.472 e. The fourth-order valence-corrected chi connectivity index (χ4v) is 3.49. The van der Waals surface area contributed by atoms with Gasteiger partial charge in [-0.3, -0.25) is 4.72 Å². The van der Waals surface area contributed by atoms with Gasteiger partial charge in [-0.05, 0) is 24.8 Å². The number of ether oxygens (including phenoxy) is 1. The van der Waals surface area contributed by atoms with Crippen LogP contribution in [0.25, 0.3) is 0 Å². The summed E-state index contributed by atoms with van der Waals surface area (Å²) in [6.45, 7) is 2.93. The summed E-state index contributed by atoms with van der Waals surface area (Å²) >= 11 is 0. The second-order valence-corrected chi connectivity index (χ2v) is 8.23. The van der Waals surface area contributed by atoms with Gasteiger partial charge >= 0.3 is 0 Å². The first kappa shape index (κ1) is 18.6. The van der Waals surface area contributed by atoms with E-state index in [1.54, 1.807) is 0 Å². The number of piperidine rings is 1. The van der Waals surface area contributed by atoms with Crippen LogP contribution in [-0.2, 0) is 16.4 Å². The summed E-state index contributed by atoms with van der Waals surface area (Å²) in [6, 6.07) is 10.5. The summed E-state index contributed by atoms with van der Waals surface area (Å²) in [7, 11) is -3.42. The molecular formula is C18H24N4O3S. The quantitative estimate of drug-likeness (QED) is 0.795. The molecule has 1 saturated heterocycles. The van der Waals surface area contributed by atoms with Crippen molar-refractivity contribution in [2.45, 2.75) is 25.4 Å². The van der Waals surface area contributed by atoms with Crippen LogP contribution in [0.2, 0.25) is 0 Å². The molecule has 0 radical (unpaired) electrons. The molecule has 1 N–H and O–H groups in total. The van der Waals surface area contributed by atoms with E-state index in [2.05, 4.69) is 43.9 Å². The summed E-state index contributed by atoms with van der Waals surface area (Å²) in [5.41, 5.74) is 1.35. The fourth-order valence-electron chi connectivity index (χ4n) is 3.00. The molecule has 0 saturated carbocycles. The molecule has 1 aromatic carbocycles. The summed E-state index contributed by atoms with van der Waals surface area (Å²) in [4.78, 5) is 10.6. The molecular weight excluding hydrogens is 352 g/mol. The predicted molar refractivity (Wildman–Crippen MR) is 101 cm³/mol. The van der Waals surface area contributed by atoms with Gasteiger partial charge in [0.15, 0.2) is 0 Å². The number of likely N-dealkylation sites (tertiary alicyclic amines) is 1. The van der Waals surface area contributed by atoms with Gasteiger partial charge in [-0.1, -0.05) is 30.3 Å². The van der Waals surface area contributed by atoms with E-state index in [1.165, 1.54) is 18.0 Å². The zero-order chi connectivity index (χ0) is 18.4. The lowest BCUT2D eigenvalue weighted by atomic mass is 10.1. The third kappa shape index (κ3) is 5.67. The minimum absolute atomic E-state index is 0.0137. The Morgan fingerprint density at radius 2 is 1.85 bits per heavy atom. The number of benzene rings is 1. The highest BCUT2D eigenvalue weighted by Gasteiger charge is 2.22. The van der Waals surface area contributed by atoms with Crippen molar-refractivity contribution in [1.82, 2.24) is 14.9 Å². The largest absolute Gasteiger partial charge is 0.472 e. The van der Waals surface area contributed by atoms with E-state index in [9.17, 15) is 8.42 Å². The smallest absolute Gasteiger partial charge is 0.258 e. The lowest BCUT2D eigenvalue weighted by Gasteiger charge is -2.32. The van der Waals surface area contributed by atoms with Gasteiger partial charge in [0.2, 0.25) is 15.8 Å². The first-order chi connectivity index (χ1) is 12.5. The number of sulfonamides is 1. The van der Waals surface area contributed by atoms with Crippen molar-refractivity contribution in [2.75, 3.05) is 30.6 Å². The highest BCUT2D eigenvalue weighted by molar-refractivity contribution is 7.92. The first-order valence-corrected chi connectivity index (χ1v) is 10.6. The van der Waals surface area contributed by atoms with Crippen molar-refractivity contribution >= 4 is 15.8 Å². The second-order valence-electron chi connectivity index (χ2n) is 6.48. The molecule has 0 amide bonds. The average molecular weight is 376 g/mol. The van der Waals surface area contributed by atoms with Gasteiger partial charge in [0.05, 0.1) is 6.26 Å². The van der Waals surface area contributed by atoms with Gasteiger partial charge in [0.25, 0.3) is 5.88 Å². The van der Waals surface area contributed by atoms with Crippen molar-refractivity contribution in [3.05, 3.63) is 48.3 Å². The standard InChI is InChI=1S/C18H24N4O3S/c1-26(23,24)21-17-18(20-11-10-19-17)25-16-8-13-22(14-9-16)12-7-15-5-3-2-4-6-15/h2-6,10-11,16H,7-9,12-14H2,1H3,(H,19,21). The number of hydrogen-bond acceptors (Lipinski definition) is 6. The molecule has 0 unspecified atom stereocenters. The van der Waals surface area contributed by atoms with E-state index < -0.39 is 10.0 Å². The van der Waals surface area contributed by atoms with Crippen molar-refractivity contribution in [1.29, 1.82) is 0 Å². The lowest BCUT2D eigenvalue weighted by molar-refractivity contribution is 0.0978. The minimum atomic E-state index is -3.42. The van der Waals surface area contributed by atoms with Crippen molar-refractivity contribution in [3.8, 4) is 5.88 Å². The van der Waals surface area contributed by atoms with Crippen LogP contribution in [0, 0.1) is 0 Å². The molecule has 0 spiro atoms. The van der Waals surface area contributed by atoms with Crippen molar-refractivity contribution in [3.63, 3.8) is 0 Å². The number of anilines is 1. The van der Waals surface area contributed by atoms with Gasteiger partial charge < -0.3 is 9.64 Å². The number of rotatable bonds is 7. The van der Waals surface area contributed by atoms with Gasteiger partial charge in [0, 0.05) is 32.0 Å². The third-order valence-corrected chi connectivity index (χ3v) is 4.88. The average Bonchev–Trinajstić information content (AvgIpc) is 2.62. The molecule has 0 bridgehead atoms. The molecule has 140 valence electrons. The van der Waals surface area contributed by atoms with Gasteiger partial charge in [-0.25, -0.2) is 18.4 Å². The SMILES string of the molecule is CS(=O)(=O)Nc1nccnc1OC1CCN(CCc2ccccc2)CC1. The first-order valence-electron chi connectivity index (χ1n) is 8.71. The van der Waals surface area contributed by atoms with E-state index in [-0.39, 0.29) is 17.8 Å². The van der Waals surface area contributed by atoms with Crippen LogP contribution in [0.1, 0.15) is 18.4 Å². The topological polar surface area (TPSA) is 84.4 Å². The summed E-state index contributed by atoms with van der Waals surface area (Å²) in [6.07, 6.45) is 6.83. The maximum Gasteiger partial charge on any atom is 0.258 e. The van der Waals surface area contributed by atoms with Crippen molar-refractivity contribution in [2.24, 2.45) is 0 Å². The van der Waals surface area contributed by atoms with Gasteiger partial charge in [0.1, 0.15) is 6.10 Å². The zero-order valence-corrected chi connectivity index (χ0v) is 15.7. The Morgan fingerprint density at radius 1 is 1.15 bits per heavy atom. The molecule has 0 atom stereocenters. The Morgan fingerprint density at radius 3 is 2.54 bits per heavy atom. The van der Waals surface area contributed by atoms with Crippen LogP contribution in [0.4, 0.5) is 5.82 Å². The molecule has 2 heterocycles. The van der Waals surface area contributed by atoms with E-state index in [4.69, 9.17) is 4.74 Å². The van der Waals surface area contributed by atoms with Crippen LogP contribution in [-0.4, -0.2) is 55.3 Å². The Labute approximate surface area is 154 Å². The molecule has 1 aliphatic rings. The molecule has 26 heavy (non-hydrogen) atoms. The zero-order valence-electron chi connectivity index (χ0n) is 14.8. The maximum absolute atomic E-state index is 11.4. The maximum atomic E-state index is 11.4. The molecule has 0 aliphatic carbocycles. The monoisotopic (exact) mass is 376 g/mol. The molecule has 3 rings (SSSR count). The summed E-state index contributed by atoms with van der Waals surface area (Å²) in [5.74, 6) is 0.377. The van der Waals surface area contributed by atoms with Gasteiger partial charge in [-0.2, -0.15) is 0 Å². The Kier molecular flexibility index (Phi) is 6.05. The van der Waals surface area contributed by atoms with Crippen LogP contribution in [0.15, 0.2) is 42.7 Å². The van der Waals surface area contributed by atoms with Crippen molar-refractivity contribution < 1.29 is 13.2 Å². The van der Waals surface area contributed by atoms with Crippen LogP contribution < -0.4 is 9.46 Å². The van der Waals surface area contributed by atoms with Crippen LogP contribution in [0.5, 0.6) is 5.88 Å². The van der Waals surface area contributed by atoms with E-state index >= 15 is 0 Å². The number of hydrogen-bond donors (Lipinski definition) is 1. The van der Waals surface area contributed by atoms with E-state index in [0.29, 0.717) is 0 Å². The number of nitrogens with one attached hydrogen (secondary N) is 1. The molecule has 7 nitrogen and oxygen atoms in total. The van der Waals surface area contributed by atoms with E-state index in [1.807, 2.05) is 6.07 Å². The van der Waals surface area contributed by atoms with Gasteiger partial charge in [-0.15, -0.1) is 0 Å². The fraction of sp³-hybridized carbons (Fsp3) is 0.444. The van der Waals surface area contributed by atoms with Crippen LogP contribution in [0.3, 0.4) is 0 Å². The summed E-state index contributed by atoms with van der Waals surface area (Å²) < 4.78 is 31.1. The molecule has 8 heteroatoms. The Balaban J connectivity index is 1.50. The normalized spacial score (nSPS) is 16.3. The lowest BCUT2D eigenvalue weighted by Crippen LogP contribution is -2.39. The Hall–Kier alpha value is -2.19. The molecule has 1 fully saturated rings. The second kappa shape index (κ2) is 8.46. The predicted octanol–water partition coefficient (Wildman–Crippen LogP) is 1.93. The molecule has 2 aromatic rings.